The van der Waals surface area contributed by atoms with E-state index in [1.54, 1.807) is 0 Å². The van der Waals surface area contributed by atoms with E-state index in [-0.39, 0.29) is 0 Å². The summed E-state index contributed by atoms with van der Waals surface area (Å²) in [4.78, 5) is 21.9. The molecule has 0 aromatic rings. The number of rotatable bonds is 6. The van der Waals surface area contributed by atoms with Gasteiger partial charge in [-0.05, 0) is 6.92 Å². The third-order valence-corrected chi connectivity index (χ3v) is 2.07. The van der Waals surface area contributed by atoms with Crippen molar-refractivity contribution in [2.45, 2.75) is 38.2 Å². The van der Waals surface area contributed by atoms with Gasteiger partial charge in [0, 0.05) is 6.92 Å². The highest BCUT2D eigenvalue weighted by Crippen LogP contribution is 2.06. The van der Waals surface area contributed by atoms with Gasteiger partial charge in [0.2, 0.25) is 5.91 Å². The van der Waals surface area contributed by atoms with Gasteiger partial charge in [-0.3, -0.25) is 9.59 Å². The van der Waals surface area contributed by atoms with Crippen LogP contribution in [0.5, 0.6) is 0 Å². The normalized spacial score (nSPS) is 18.4. The Balaban J connectivity index is 4.66. The lowest BCUT2D eigenvalue weighted by atomic mass is 9.98. The molecule has 5 N–H and O–H groups in total. The molecule has 0 spiro atoms. The van der Waals surface area contributed by atoms with Crippen LogP contribution in [0.15, 0.2) is 0 Å². The summed E-state index contributed by atoms with van der Waals surface area (Å²) in [7, 11) is 0. The summed E-state index contributed by atoms with van der Waals surface area (Å²) in [5.41, 5.74) is 0. The molecule has 0 aliphatic rings. The number of hydrogen-bond acceptors (Lipinski definition) is 6. The molecule has 0 aromatic carbocycles. The molecule has 4 atom stereocenters. The minimum absolute atomic E-state index is 0.551. The Kier molecular flexibility index (Phi) is 6.12. The fourth-order valence-electron chi connectivity index (χ4n) is 1.18. The van der Waals surface area contributed by atoms with Crippen molar-refractivity contribution in [3.05, 3.63) is 0 Å². The van der Waals surface area contributed by atoms with Crippen LogP contribution in [0.4, 0.5) is 0 Å². The molecule has 0 unspecified atom stereocenters. The molecule has 94 valence electrons. The summed E-state index contributed by atoms with van der Waals surface area (Å²) in [6.07, 6.45) is -4.97. The second-order valence-corrected chi connectivity index (χ2v) is 3.52. The molecule has 0 aromatic heterocycles. The highest BCUT2D eigenvalue weighted by molar-refractivity contribution is 5.87. The molecule has 7 nitrogen and oxygen atoms in total. The first-order chi connectivity index (χ1) is 7.31. The number of carbonyl (C=O) groups is 2. The smallest absolute Gasteiger partial charge is 0.217 e. The number of ketones is 1. The first-order valence-electron chi connectivity index (χ1n) is 4.73. The number of amides is 1. The summed E-state index contributed by atoms with van der Waals surface area (Å²) < 4.78 is 0. The van der Waals surface area contributed by atoms with Gasteiger partial charge in [-0.1, -0.05) is 0 Å². The van der Waals surface area contributed by atoms with Crippen molar-refractivity contribution in [3.8, 4) is 0 Å². The lowest BCUT2D eigenvalue weighted by molar-refractivity contribution is -0.135. The van der Waals surface area contributed by atoms with Crippen molar-refractivity contribution in [1.82, 2.24) is 5.32 Å². The molecule has 0 heterocycles. The maximum atomic E-state index is 11.1. The largest absolute Gasteiger partial charge is 0.394 e. The second kappa shape index (κ2) is 6.54. The van der Waals surface area contributed by atoms with Gasteiger partial charge in [0.15, 0.2) is 5.78 Å². The van der Waals surface area contributed by atoms with Gasteiger partial charge in [0.25, 0.3) is 0 Å². The summed E-state index contributed by atoms with van der Waals surface area (Å²) in [6.45, 7) is 1.52. The van der Waals surface area contributed by atoms with E-state index in [9.17, 15) is 19.8 Å². The zero-order valence-corrected chi connectivity index (χ0v) is 9.12. The summed E-state index contributed by atoms with van der Waals surface area (Å²) in [5.74, 6) is -1.11. The minimum Gasteiger partial charge on any atom is -0.394 e. The van der Waals surface area contributed by atoms with Crippen molar-refractivity contribution in [1.29, 1.82) is 0 Å². The maximum absolute atomic E-state index is 11.1. The van der Waals surface area contributed by atoms with Crippen LogP contribution in [0.3, 0.4) is 0 Å². The monoisotopic (exact) mass is 235 g/mol. The van der Waals surface area contributed by atoms with Crippen LogP contribution in [0, 0.1) is 0 Å². The van der Waals surface area contributed by atoms with Crippen molar-refractivity contribution < 1.29 is 30.0 Å². The standard InChI is InChI=1S/C9H17NO6/c1-4(12)7(10-5(2)13)9(16)8(15)6(14)3-11/h6-9,11,14-16H,3H2,1-2H3,(H,10,13)/t6-,7+,8+,9-/m1/s1. The van der Waals surface area contributed by atoms with Crippen LogP contribution in [0.1, 0.15) is 13.8 Å². The Hall–Kier alpha value is -1.02. The van der Waals surface area contributed by atoms with E-state index in [0.29, 0.717) is 0 Å². The highest BCUT2D eigenvalue weighted by atomic mass is 16.4. The molecule has 1 amide bonds. The topological polar surface area (TPSA) is 127 Å². The lowest BCUT2D eigenvalue weighted by Gasteiger charge is -2.27. The average molecular weight is 235 g/mol. The zero-order chi connectivity index (χ0) is 12.9. The second-order valence-electron chi connectivity index (χ2n) is 3.52. The summed E-state index contributed by atoms with van der Waals surface area (Å²) in [5, 5.41) is 38.7. The molecule has 7 heteroatoms. The fourth-order valence-corrected chi connectivity index (χ4v) is 1.18. The van der Waals surface area contributed by atoms with E-state index in [4.69, 9.17) is 10.2 Å². The summed E-state index contributed by atoms with van der Waals surface area (Å²) >= 11 is 0. The van der Waals surface area contributed by atoms with Crippen molar-refractivity contribution >= 4 is 11.7 Å². The van der Waals surface area contributed by atoms with E-state index >= 15 is 0 Å². The number of Topliss-reactive ketones (excluding diaryl/α,β-unsaturated/α-hetero) is 1. The predicted molar refractivity (Wildman–Crippen MR) is 53.4 cm³/mol. The van der Waals surface area contributed by atoms with Crippen LogP contribution in [-0.2, 0) is 9.59 Å². The third-order valence-electron chi connectivity index (χ3n) is 2.07. The van der Waals surface area contributed by atoms with E-state index in [1.165, 1.54) is 0 Å². The molecular weight excluding hydrogens is 218 g/mol. The lowest BCUT2D eigenvalue weighted by Crippen LogP contribution is -2.55. The van der Waals surface area contributed by atoms with Crippen molar-refractivity contribution in [3.63, 3.8) is 0 Å². The SMILES string of the molecule is CC(=O)N[C@@H](C(C)=O)[C@@H](O)[C@@H](O)[C@H](O)CO. The molecular formula is C9H17NO6. The Bertz CT molecular complexity index is 256. The molecule has 0 aliphatic heterocycles. The van der Waals surface area contributed by atoms with E-state index in [1.807, 2.05) is 0 Å². The Morgan fingerprint density at radius 3 is 1.94 bits per heavy atom. The predicted octanol–water partition coefficient (Wildman–Crippen LogP) is -2.84. The zero-order valence-electron chi connectivity index (χ0n) is 9.12. The molecule has 0 radical (unpaired) electrons. The summed E-state index contributed by atoms with van der Waals surface area (Å²) in [6, 6.07) is -1.31. The average Bonchev–Trinajstić information content (AvgIpc) is 2.22. The first kappa shape index (κ1) is 15.0. The Morgan fingerprint density at radius 2 is 1.62 bits per heavy atom. The number of carbonyl (C=O) groups excluding carboxylic acids is 2. The fraction of sp³-hybridized carbons (Fsp3) is 0.778. The Morgan fingerprint density at radius 1 is 1.12 bits per heavy atom. The van der Waals surface area contributed by atoms with E-state index < -0.39 is 42.7 Å². The van der Waals surface area contributed by atoms with Crippen LogP contribution in [0.25, 0.3) is 0 Å². The van der Waals surface area contributed by atoms with Crippen LogP contribution in [-0.4, -0.2) is 63.1 Å². The number of aliphatic hydroxyl groups excluding tert-OH is 4. The maximum Gasteiger partial charge on any atom is 0.217 e. The van der Waals surface area contributed by atoms with Gasteiger partial charge < -0.3 is 25.7 Å². The minimum atomic E-state index is -1.72. The third kappa shape index (κ3) is 4.23. The van der Waals surface area contributed by atoms with Crippen LogP contribution >= 0.6 is 0 Å². The van der Waals surface area contributed by atoms with Gasteiger partial charge in [-0.25, -0.2) is 0 Å². The van der Waals surface area contributed by atoms with Crippen molar-refractivity contribution in [2.75, 3.05) is 6.61 Å². The van der Waals surface area contributed by atoms with Crippen LogP contribution in [0.2, 0.25) is 0 Å². The highest BCUT2D eigenvalue weighted by Gasteiger charge is 2.34. The van der Waals surface area contributed by atoms with Gasteiger partial charge in [0.1, 0.15) is 24.4 Å². The molecule has 16 heavy (non-hydrogen) atoms. The van der Waals surface area contributed by atoms with Gasteiger partial charge in [-0.2, -0.15) is 0 Å². The van der Waals surface area contributed by atoms with E-state index in [2.05, 4.69) is 5.32 Å². The molecule has 0 saturated heterocycles. The van der Waals surface area contributed by atoms with Crippen molar-refractivity contribution in [2.24, 2.45) is 0 Å². The molecule has 0 fully saturated rings. The van der Waals surface area contributed by atoms with Gasteiger partial charge in [0.05, 0.1) is 6.61 Å². The van der Waals surface area contributed by atoms with E-state index in [0.717, 1.165) is 13.8 Å². The molecule has 0 saturated carbocycles. The number of hydrogen-bond donors (Lipinski definition) is 5. The van der Waals surface area contributed by atoms with Crippen LogP contribution < -0.4 is 5.32 Å². The van der Waals surface area contributed by atoms with Gasteiger partial charge in [-0.15, -0.1) is 0 Å². The van der Waals surface area contributed by atoms with Gasteiger partial charge >= 0.3 is 0 Å². The number of nitrogens with one attached hydrogen (secondary N) is 1. The molecule has 0 bridgehead atoms. The molecule has 0 rings (SSSR count). The molecule has 0 aliphatic carbocycles. The first-order valence-corrected chi connectivity index (χ1v) is 4.73. The number of aliphatic hydroxyl groups is 4. The Labute approximate surface area is 92.7 Å². The quantitative estimate of drug-likeness (QED) is 0.337.